The number of benzene rings is 1. The standard InChI is InChI=1S/C14H15N5S2/c15-13-17-14(19-18-13)21-9-11-8-20-12(16-11)7-6-10-4-2-1-3-5-10/h1-5,8H,6-7,9H2,(H3,15,17,18,19). The van der Waals surface area contributed by atoms with Crippen LogP contribution in [0.5, 0.6) is 0 Å². The second kappa shape index (κ2) is 6.73. The SMILES string of the molecule is Nc1nc(SCc2csc(CCc3ccccc3)n2)n[nH]1. The lowest BCUT2D eigenvalue weighted by Gasteiger charge is -1.98. The minimum atomic E-state index is 0.347. The average molecular weight is 317 g/mol. The maximum atomic E-state index is 5.49. The second-order valence-corrected chi connectivity index (χ2v) is 6.40. The van der Waals surface area contributed by atoms with Crippen LogP contribution in [0.1, 0.15) is 16.3 Å². The van der Waals surface area contributed by atoms with E-state index in [1.165, 1.54) is 22.3 Å². The highest BCUT2D eigenvalue weighted by molar-refractivity contribution is 7.98. The minimum absolute atomic E-state index is 0.347. The van der Waals surface area contributed by atoms with Gasteiger partial charge in [0.25, 0.3) is 0 Å². The fourth-order valence-corrected chi connectivity index (χ4v) is 3.49. The van der Waals surface area contributed by atoms with Gasteiger partial charge < -0.3 is 5.73 Å². The topological polar surface area (TPSA) is 80.5 Å². The van der Waals surface area contributed by atoms with E-state index in [1.54, 1.807) is 11.3 Å². The summed E-state index contributed by atoms with van der Waals surface area (Å²) in [6, 6.07) is 10.5. The van der Waals surface area contributed by atoms with E-state index in [0.29, 0.717) is 11.1 Å². The first kappa shape index (κ1) is 14.1. The van der Waals surface area contributed by atoms with Gasteiger partial charge in [-0.3, -0.25) is 0 Å². The lowest BCUT2D eigenvalue weighted by Crippen LogP contribution is -1.91. The number of hydrogen-bond acceptors (Lipinski definition) is 6. The zero-order valence-corrected chi connectivity index (χ0v) is 13.0. The molecule has 108 valence electrons. The van der Waals surface area contributed by atoms with Crippen molar-refractivity contribution < 1.29 is 0 Å². The van der Waals surface area contributed by atoms with Crippen LogP contribution in [-0.4, -0.2) is 20.2 Å². The number of nitrogens with one attached hydrogen (secondary N) is 1. The summed E-state index contributed by atoms with van der Waals surface area (Å²) >= 11 is 3.24. The van der Waals surface area contributed by atoms with Crippen molar-refractivity contribution in [3.63, 3.8) is 0 Å². The summed E-state index contributed by atoms with van der Waals surface area (Å²) in [5.41, 5.74) is 7.90. The highest BCUT2D eigenvalue weighted by atomic mass is 32.2. The highest BCUT2D eigenvalue weighted by Crippen LogP contribution is 2.21. The Balaban J connectivity index is 1.51. The van der Waals surface area contributed by atoms with E-state index < -0.39 is 0 Å². The Morgan fingerprint density at radius 2 is 2.00 bits per heavy atom. The van der Waals surface area contributed by atoms with Gasteiger partial charge in [0.15, 0.2) is 0 Å². The van der Waals surface area contributed by atoms with Gasteiger partial charge in [-0.15, -0.1) is 16.4 Å². The second-order valence-electron chi connectivity index (χ2n) is 4.51. The molecule has 0 aliphatic heterocycles. The molecule has 0 spiro atoms. The number of nitrogen functional groups attached to an aromatic ring is 1. The molecule has 0 radical (unpaired) electrons. The number of aryl methyl sites for hydroxylation is 2. The molecule has 2 aromatic heterocycles. The summed E-state index contributed by atoms with van der Waals surface area (Å²) < 4.78 is 0. The van der Waals surface area contributed by atoms with Crippen molar-refractivity contribution in [2.24, 2.45) is 0 Å². The van der Waals surface area contributed by atoms with E-state index >= 15 is 0 Å². The number of nitrogens with zero attached hydrogens (tertiary/aromatic N) is 3. The van der Waals surface area contributed by atoms with Crippen molar-refractivity contribution in [2.45, 2.75) is 23.8 Å². The summed E-state index contributed by atoms with van der Waals surface area (Å²) in [7, 11) is 0. The van der Waals surface area contributed by atoms with Gasteiger partial charge in [0.2, 0.25) is 11.1 Å². The zero-order chi connectivity index (χ0) is 14.5. The molecule has 3 N–H and O–H groups in total. The molecule has 0 saturated carbocycles. The first-order valence-electron chi connectivity index (χ1n) is 6.57. The maximum Gasteiger partial charge on any atom is 0.216 e. The lowest BCUT2D eigenvalue weighted by molar-refractivity contribution is 0.933. The van der Waals surface area contributed by atoms with E-state index in [2.05, 4.69) is 49.8 Å². The molecule has 0 unspecified atom stereocenters. The number of aromatic amines is 1. The number of rotatable bonds is 6. The molecule has 0 saturated heterocycles. The van der Waals surface area contributed by atoms with Crippen molar-refractivity contribution in [1.29, 1.82) is 0 Å². The van der Waals surface area contributed by atoms with Crippen LogP contribution in [0.25, 0.3) is 0 Å². The minimum Gasteiger partial charge on any atom is -0.368 e. The molecule has 3 rings (SSSR count). The van der Waals surface area contributed by atoms with Crippen molar-refractivity contribution in [3.05, 3.63) is 52.0 Å². The van der Waals surface area contributed by atoms with Crippen LogP contribution in [0.15, 0.2) is 40.9 Å². The predicted molar refractivity (Wildman–Crippen MR) is 86.3 cm³/mol. The molecule has 5 nitrogen and oxygen atoms in total. The van der Waals surface area contributed by atoms with Gasteiger partial charge >= 0.3 is 0 Å². The Morgan fingerprint density at radius 1 is 1.14 bits per heavy atom. The Labute approximate surface area is 131 Å². The Morgan fingerprint density at radius 3 is 2.76 bits per heavy atom. The molecular formula is C14H15N5S2. The van der Waals surface area contributed by atoms with Crippen LogP contribution in [0.4, 0.5) is 5.95 Å². The molecule has 0 fully saturated rings. The molecule has 3 aromatic rings. The fourth-order valence-electron chi connectivity index (χ4n) is 1.89. The molecule has 0 amide bonds. The number of nitrogens with two attached hydrogens (primary N) is 1. The van der Waals surface area contributed by atoms with Crippen LogP contribution >= 0.6 is 23.1 Å². The third kappa shape index (κ3) is 4.05. The van der Waals surface area contributed by atoms with E-state index in [-0.39, 0.29) is 0 Å². The third-order valence-electron chi connectivity index (χ3n) is 2.90. The van der Waals surface area contributed by atoms with Gasteiger partial charge in [0.1, 0.15) is 0 Å². The number of thioether (sulfide) groups is 1. The smallest absolute Gasteiger partial charge is 0.216 e. The summed E-state index contributed by atoms with van der Waals surface area (Å²) in [4.78, 5) is 8.71. The maximum absolute atomic E-state index is 5.49. The van der Waals surface area contributed by atoms with E-state index in [1.807, 2.05) is 6.07 Å². The normalized spacial score (nSPS) is 10.9. The molecular weight excluding hydrogens is 302 g/mol. The van der Waals surface area contributed by atoms with Crippen molar-refractivity contribution in [3.8, 4) is 0 Å². The predicted octanol–water partition coefficient (Wildman–Crippen LogP) is 2.92. The van der Waals surface area contributed by atoms with Crippen LogP contribution in [0, 0.1) is 0 Å². The fraction of sp³-hybridized carbons (Fsp3) is 0.214. The first-order valence-corrected chi connectivity index (χ1v) is 8.44. The average Bonchev–Trinajstić information content (AvgIpc) is 3.13. The third-order valence-corrected chi connectivity index (χ3v) is 4.74. The van der Waals surface area contributed by atoms with E-state index in [4.69, 9.17) is 5.73 Å². The molecule has 1 aromatic carbocycles. The van der Waals surface area contributed by atoms with E-state index in [9.17, 15) is 0 Å². The monoisotopic (exact) mass is 317 g/mol. The molecule has 0 aliphatic carbocycles. The number of anilines is 1. The Hall–Kier alpha value is -1.86. The van der Waals surface area contributed by atoms with Gasteiger partial charge in [0, 0.05) is 17.6 Å². The number of hydrogen-bond donors (Lipinski definition) is 2. The number of H-pyrrole nitrogens is 1. The van der Waals surface area contributed by atoms with Gasteiger partial charge in [-0.1, -0.05) is 42.1 Å². The van der Waals surface area contributed by atoms with Gasteiger partial charge in [0.05, 0.1) is 10.7 Å². The van der Waals surface area contributed by atoms with Crippen LogP contribution in [0.2, 0.25) is 0 Å². The largest absolute Gasteiger partial charge is 0.368 e. The van der Waals surface area contributed by atoms with Gasteiger partial charge in [-0.2, -0.15) is 4.98 Å². The van der Waals surface area contributed by atoms with Crippen LogP contribution < -0.4 is 5.73 Å². The van der Waals surface area contributed by atoms with Crippen molar-refractivity contribution in [2.75, 3.05) is 5.73 Å². The molecule has 21 heavy (non-hydrogen) atoms. The van der Waals surface area contributed by atoms with Crippen molar-refractivity contribution >= 4 is 29.0 Å². The number of aromatic nitrogens is 4. The quantitative estimate of drug-likeness (QED) is 0.683. The van der Waals surface area contributed by atoms with Crippen molar-refractivity contribution in [1.82, 2.24) is 20.2 Å². The molecule has 7 heteroatoms. The summed E-state index contributed by atoms with van der Waals surface area (Å²) in [5.74, 6) is 1.11. The first-order chi connectivity index (χ1) is 10.3. The summed E-state index contributed by atoms with van der Waals surface area (Å²) in [6.45, 7) is 0. The summed E-state index contributed by atoms with van der Waals surface area (Å²) in [6.07, 6.45) is 2.01. The Kier molecular flexibility index (Phi) is 4.52. The molecule has 2 heterocycles. The Bertz CT molecular complexity index is 692. The van der Waals surface area contributed by atoms with Gasteiger partial charge in [-0.05, 0) is 12.0 Å². The lowest BCUT2D eigenvalue weighted by atomic mass is 10.1. The molecule has 0 bridgehead atoms. The highest BCUT2D eigenvalue weighted by Gasteiger charge is 2.06. The summed E-state index contributed by atoms with van der Waals surface area (Å²) in [5, 5.41) is 10.5. The zero-order valence-electron chi connectivity index (χ0n) is 11.3. The molecule has 0 aliphatic rings. The molecule has 0 atom stereocenters. The van der Waals surface area contributed by atoms with Gasteiger partial charge in [-0.25, -0.2) is 10.1 Å². The number of thiazole rings is 1. The van der Waals surface area contributed by atoms with E-state index in [0.717, 1.165) is 24.3 Å². The van der Waals surface area contributed by atoms with Crippen LogP contribution in [-0.2, 0) is 18.6 Å². The van der Waals surface area contributed by atoms with Crippen LogP contribution in [0.3, 0.4) is 0 Å².